The molecule has 92 valence electrons. The summed E-state index contributed by atoms with van der Waals surface area (Å²) in [5, 5.41) is 0. The van der Waals surface area contributed by atoms with Gasteiger partial charge in [-0.25, -0.2) is 4.79 Å². The van der Waals surface area contributed by atoms with Crippen LogP contribution in [0.5, 0.6) is 0 Å². The van der Waals surface area contributed by atoms with Crippen molar-refractivity contribution in [2.24, 2.45) is 0 Å². The smallest absolute Gasteiger partial charge is 0.324 e. The molecule has 4 nitrogen and oxygen atoms in total. The Morgan fingerprint density at radius 1 is 1.41 bits per heavy atom. The third kappa shape index (κ3) is 2.58. The van der Waals surface area contributed by atoms with E-state index in [2.05, 4.69) is 0 Å². The second kappa shape index (κ2) is 5.19. The molecule has 0 spiro atoms. The van der Waals surface area contributed by atoms with Gasteiger partial charge in [0.15, 0.2) is 0 Å². The molecule has 1 aliphatic heterocycles. The summed E-state index contributed by atoms with van der Waals surface area (Å²) in [5.41, 5.74) is 0.913. The molecule has 1 aromatic carbocycles. The topological polar surface area (TPSA) is 32.8 Å². The lowest BCUT2D eigenvalue weighted by Gasteiger charge is -2.36. The van der Waals surface area contributed by atoms with Gasteiger partial charge in [0.25, 0.3) is 0 Å². The Kier molecular flexibility index (Phi) is 3.64. The summed E-state index contributed by atoms with van der Waals surface area (Å²) in [4.78, 5) is 15.8. The van der Waals surface area contributed by atoms with E-state index in [0.29, 0.717) is 19.8 Å². The van der Waals surface area contributed by atoms with E-state index < -0.39 is 0 Å². The van der Waals surface area contributed by atoms with Crippen LogP contribution in [0.25, 0.3) is 0 Å². The Morgan fingerprint density at radius 2 is 2.12 bits per heavy atom. The van der Waals surface area contributed by atoms with Gasteiger partial charge in [0.1, 0.15) is 0 Å². The molecule has 2 amide bonds. The van der Waals surface area contributed by atoms with Crippen LogP contribution in [0.2, 0.25) is 0 Å². The first-order valence-electron chi connectivity index (χ1n) is 5.87. The van der Waals surface area contributed by atoms with Gasteiger partial charge in [0.05, 0.1) is 19.3 Å². The van der Waals surface area contributed by atoms with Crippen LogP contribution in [0, 0.1) is 0 Å². The molecule has 0 N–H and O–H groups in total. The molecule has 1 saturated heterocycles. The first-order valence-corrected chi connectivity index (χ1v) is 5.87. The molecule has 1 aliphatic rings. The maximum atomic E-state index is 12.3. The molecule has 2 rings (SSSR count). The summed E-state index contributed by atoms with van der Waals surface area (Å²) in [6, 6.07) is 9.85. The lowest BCUT2D eigenvalue weighted by molar-refractivity contribution is 0.0209. The molecule has 0 aromatic heterocycles. The van der Waals surface area contributed by atoms with E-state index in [4.69, 9.17) is 4.74 Å². The number of carbonyl (C=O) groups excluding carboxylic acids is 1. The summed E-state index contributed by atoms with van der Waals surface area (Å²) >= 11 is 0. The molecule has 1 heterocycles. The zero-order valence-corrected chi connectivity index (χ0v) is 10.3. The fraction of sp³-hybridized carbons (Fsp3) is 0.462. The highest BCUT2D eigenvalue weighted by atomic mass is 16.5. The van der Waals surface area contributed by atoms with Crippen LogP contribution < -0.4 is 4.90 Å². The number of para-hydroxylation sites is 1. The van der Waals surface area contributed by atoms with Crippen LogP contribution in [-0.2, 0) is 4.74 Å². The normalized spacial score (nSPS) is 20.1. The molecule has 1 fully saturated rings. The molecule has 0 radical (unpaired) electrons. The van der Waals surface area contributed by atoms with Crippen LogP contribution in [0.4, 0.5) is 10.5 Å². The van der Waals surface area contributed by atoms with E-state index in [1.807, 2.05) is 42.2 Å². The van der Waals surface area contributed by atoms with Crippen LogP contribution >= 0.6 is 0 Å². The highest BCUT2D eigenvalue weighted by molar-refractivity contribution is 5.91. The maximum absolute atomic E-state index is 12.3. The maximum Gasteiger partial charge on any atom is 0.324 e. The third-order valence-electron chi connectivity index (χ3n) is 3.04. The zero-order chi connectivity index (χ0) is 12.3. The number of carbonyl (C=O) groups is 1. The van der Waals surface area contributed by atoms with Gasteiger partial charge in [-0.1, -0.05) is 18.2 Å². The molecular weight excluding hydrogens is 216 g/mol. The van der Waals surface area contributed by atoms with Crippen LogP contribution in [0.15, 0.2) is 30.3 Å². The monoisotopic (exact) mass is 234 g/mol. The fourth-order valence-corrected chi connectivity index (χ4v) is 1.97. The molecule has 1 aromatic rings. The van der Waals surface area contributed by atoms with Crippen LogP contribution in [0.1, 0.15) is 6.92 Å². The van der Waals surface area contributed by atoms with Gasteiger partial charge in [0.2, 0.25) is 0 Å². The van der Waals surface area contributed by atoms with Crippen LogP contribution in [-0.4, -0.2) is 43.8 Å². The van der Waals surface area contributed by atoms with Crippen molar-refractivity contribution in [3.05, 3.63) is 30.3 Å². The Hall–Kier alpha value is -1.55. The largest absolute Gasteiger partial charge is 0.377 e. The number of anilines is 1. The average molecular weight is 234 g/mol. The van der Waals surface area contributed by atoms with Gasteiger partial charge < -0.3 is 9.64 Å². The van der Waals surface area contributed by atoms with Gasteiger partial charge in [-0.15, -0.1) is 0 Å². The Bertz CT molecular complexity index is 380. The van der Waals surface area contributed by atoms with Crippen molar-refractivity contribution in [3.8, 4) is 0 Å². The molecule has 1 atom stereocenters. The first-order chi connectivity index (χ1) is 8.20. The van der Waals surface area contributed by atoms with Crippen molar-refractivity contribution < 1.29 is 9.53 Å². The van der Waals surface area contributed by atoms with Crippen molar-refractivity contribution in [3.63, 3.8) is 0 Å². The molecule has 0 bridgehead atoms. The van der Waals surface area contributed by atoms with Crippen molar-refractivity contribution in [2.45, 2.75) is 13.0 Å². The Labute approximate surface area is 102 Å². The van der Waals surface area contributed by atoms with E-state index in [-0.39, 0.29) is 12.1 Å². The summed E-state index contributed by atoms with van der Waals surface area (Å²) in [6.07, 6.45) is 0. The number of hydrogen-bond acceptors (Lipinski definition) is 2. The van der Waals surface area contributed by atoms with E-state index in [9.17, 15) is 4.79 Å². The minimum absolute atomic E-state index is 0.0343. The van der Waals surface area contributed by atoms with E-state index in [1.165, 1.54) is 0 Å². The molecule has 0 saturated carbocycles. The standard InChI is InChI=1S/C13H18N2O2/c1-11-10-17-9-8-15(11)13(16)14(2)12-6-4-3-5-7-12/h3-7,11H,8-10H2,1-2H3/t11-/m0/s1. The molecule has 0 aliphatic carbocycles. The highest BCUT2D eigenvalue weighted by Gasteiger charge is 2.26. The van der Waals surface area contributed by atoms with E-state index in [0.717, 1.165) is 5.69 Å². The van der Waals surface area contributed by atoms with Crippen molar-refractivity contribution in [2.75, 3.05) is 31.7 Å². The van der Waals surface area contributed by atoms with Crippen molar-refractivity contribution in [1.82, 2.24) is 4.90 Å². The van der Waals surface area contributed by atoms with E-state index in [1.54, 1.807) is 11.9 Å². The summed E-state index contributed by atoms with van der Waals surface area (Å²) in [6.45, 7) is 3.92. The number of rotatable bonds is 1. The molecular formula is C13H18N2O2. The minimum Gasteiger partial charge on any atom is -0.377 e. The Morgan fingerprint density at radius 3 is 2.76 bits per heavy atom. The van der Waals surface area contributed by atoms with Gasteiger partial charge in [-0.2, -0.15) is 0 Å². The number of ether oxygens (including phenoxy) is 1. The van der Waals surface area contributed by atoms with E-state index >= 15 is 0 Å². The van der Waals surface area contributed by atoms with Gasteiger partial charge >= 0.3 is 6.03 Å². The SMILES string of the molecule is C[C@H]1COCCN1C(=O)N(C)c1ccccc1. The first kappa shape index (κ1) is 11.9. The van der Waals surface area contributed by atoms with Gasteiger partial charge in [-0.3, -0.25) is 4.90 Å². The van der Waals surface area contributed by atoms with Gasteiger partial charge in [-0.05, 0) is 19.1 Å². The Balaban J connectivity index is 2.09. The lowest BCUT2D eigenvalue weighted by Crippen LogP contribution is -2.51. The second-order valence-electron chi connectivity index (χ2n) is 4.29. The summed E-state index contributed by atoms with van der Waals surface area (Å²) in [7, 11) is 1.81. The third-order valence-corrected chi connectivity index (χ3v) is 3.04. The quantitative estimate of drug-likeness (QED) is 0.744. The number of benzene rings is 1. The second-order valence-corrected chi connectivity index (χ2v) is 4.29. The predicted molar refractivity (Wildman–Crippen MR) is 67.2 cm³/mol. The molecule has 0 unspecified atom stereocenters. The predicted octanol–water partition coefficient (Wildman–Crippen LogP) is 1.96. The highest BCUT2D eigenvalue weighted by Crippen LogP contribution is 2.16. The number of nitrogens with zero attached hydrogens (tertiary/aromatic N) is 2. The fourth-order valence-electron chi connectivity index (χ4n) is 1.97. The molecule has 17 heavy (non-hydrogen) atoms. The van der Waals surface area contributed by atoms with Crippen molar-refractivity contribution in [1.29, 1.82) is 0 Å². The molecule has 4 heteroatoms. The summed E-state index contributed by atoms with van der Waals surface area (Å²) < 4.78 is 5.34. The van der Waals surface area contributed by atoms with Crippen LogP contribution in [0.3, 0.4) is 0 Å². The number of urea groups is 1. The lowest BCUT2D eigenvalue weighted by atomic mass is 10.2. The zero-order valence-electron chi connectivity index (χ0n) is 10.3. The number of amides is 2. The minimum atomic E-state index is 0.0343. The average Bonchev–Trinajstić information content (AvgIpc) is 2.39. The number of morpholine rings is 1. The number of hydrogen-bond donors (Lipinski definition) is 0. The van der Waals surface area contributed by atoms with Gasteiger partial charge in [0, 0.05) is 19.3 Å². The summed E-state index contributed by atoms with van der Waals surface area (Å²) in [5.74, 6) is 0. The van der Waals surface area contributed by atoms with Crippen molar-refractivity contribution >= 4 is 11.7 Å².